The average Bonchev–Trinajstić information content (AvgIpc) is 2.02. The van der Waals surface area contributed by atoms with E-state index in [9.17, 15) is 0 Å². The summed E-state index contributed by atoms with van der Waals surface area (Å²) < 4.78 is 5.04. The Morgan fingerprint density at radius 2 is 2.50 bits per heavy atom. The molecule has 1 saturated heterocycles. The lowest BCUT2D eigenvalue weighted by Gasteiger charge is -2.25. The van der Waals surface area contributed by atoms with E-state index >= 15 is 0 Å². The van der Waals surface area contributed by atoms with E-state index in [1.807, 2.05) is 18.8 Å². The molecule has 4 heteroatoms. The first-order chi connectivity index (χ1) is 5.86. The highest BCUT2D eigenvalue weighted by Crippen LogP contribution is 2.19. The van der Waals surface area contributed by atoms with Crippen LogP contribution in [0.4, 0.5) is 0 Å². The van der Waals surface area contributed by atoms with Gasteiger partial charge in [0.15, 0.2) is 0 Å². The summed E-state index contributed by atoms with van der Waals surface area (Å²) in [7, 11) is 1.82. The molecule has 0 aromatic heterocycles. The van der Waals surface area contributed by atoms with Crippen LogP contribution in [0.1, 0.15) is 6.42 Å². The standard InChI is InChI=1S/C8H14N2OS/c1-10-7(4-9)2-3-12-8-5-11-6-8/h7-8,10H,2-3,5-6H2,1H3. The Hall–Kier alpha value is -0.240. The van der Waals surface area contributed by atoms with Gasteiger partial charge in [0.1, 0.15) is 0 Å². The first-order valence-electron chi connectivity index (χ1n) is 4.13. The molecule has 68 valence electrons. The monoisotopic (exact) mass is 186 g/mol. The summed E-state index contributed by atoms with van der Waals surface area (Å²) in [5, 5.41) is 12.3. The van der Waals surface area contributed by atoms with E-state index < -0.39 is 0 Å². The molecule has 1 aliphatic heterocycles. The normalized spacial score (nSPS) is 19.7. The number of hydrogen-bond acceptors (Lipinski definition) is 4. The largest absolute Gasteiger partial charge is 0.379 e. The van der Waals surface area contributed by atoms with Gasteiger partial charge in [-0.25, -0.2) is 0 Å². The van der Waals surface area contributed by atoms with Crippen LogP contribution in [0.5, 0.6) is 0 Å². The summed E-state index contributed by atoms with van der Waals surface area (Å²) in [6.07, 6.45) is 0.925. The van der Waals surface area contributed by atoms with Crippen molar-refractivity contribution in [3.05, 3.63) is 0 Å². The van der Waals surface area contributed by atoms with Crippen LogP contribution in [0.15, 0.2) is 0 Å². The molecule has 1 fully saturated rings. The summed E-state index contributed by atoms with van der Waals surface area (Å²) >= 11 is 1.91. The molecule has 3 nitrogen and oxygen atoms in total. The summed E-state index contributed by atoms with van der Waals surface area (Å²) in [4.78, 5) is 0. The molecule has 0 radical (unpaired) electrons. The summed E-state index contributed by atoms with van der Waals surface area (Å²) in [5.41, 5.74) is 0. The predicted octanol–water partition coefficient (Wildman–Crippen LogP) is 0.620. The highest BCUT2D eigenvalue weighted by atomic mass is 32.2. The highest BCUT2D eigenvalue weighted by molar-refractivity contribution is 8.00. The van der Waals surface area contributed by atoms with Crippen molar-refractivity contribution >= 4 is 11.8 Å². The Balaban J connectivity index is 1.97. The number of nitrogens with one attached hydrogen (secondary N) is 1. The quantitative estimate of drug-likeness (QED) is 0.683. The van der Waals surface area contributed by atoms with E-state index in [1.54, 1.807) is 0 Å². The van der Waals surface area contributed by atoms with Crippen molar-refractivity contribution in [1.29, 1.82) is 5.26 Å². The second-order valence-corrected chi connectivity index (χ2v) is 4.20. The molecule has 0 spiro atoms. The number of rotatable bonds is 5. The Morgan fingerprint density at radius 1 is 1.75 bits per heavy atom. The fourth-order valence-corrected chi connectivity index (χ4v) is 2.03. The van der Waals surface area contributed by atoms with Crippen LogP contribution in [0.25, 0.3) is 0 Å². The molecule has 0 aromatic carbocycles. The number of hydrogen-bond donors (Lipinski definition) is 1. The maximum Gasteiger partial charge on any atom is 0.0958 e. The Kier molecular flexibility index (Phi) is 4.44. The molecule has 1 N–H and O–H groups in total. The average molecular weight is 186 g/mol. The molecular formula is C8H14N2OS. The third-order valence-corrected chi connectivity index (χ3v) is 3.09. The molecule has 1 rings (SSSR count). The maximum absolute atomic E-state index is 8.62. The zero-order chi connectivity index (χ0) is 8.81. The Bertz CT molecular complexity index is 165. The van der Waals surface area contributed by atoms with E-state index in [1.165, 1.54) is 0 Å². The van der Waals surface area contributed by atoms with Crippen LogP contribution in [-0.4, -0.2) is 37.3 Å². The van der Waals surface area contributed by atoms with Crippen molar-refractivity contribution in [2.24, 2.45) is 0 Å². The van der Waals surface area contributed by atoms with Crippen LogP contribution >= 0.6 is 11.8 Å². The Morgan fingerprint density at radius 3 is 2.92 bits per heavy atom. The van der Waals surface area contributed by atoms with Crippen molar-refractivity contribution in [3.63, 3.8) is 0 Å². The third-order valence-electron chi connectivity index (χ3n) is 1.87. The maximum atomic E-state index is 8.62. The molecule has 0 bridgehead atoms. The molecule has 1 heterocycles. The van der Waals surface area contributed by atoms with Gasteiger partial charge in [0.05, 0.1) is 30.6 Å². The zero-order valence-corrected chi connectivity index (χ0v) is 8.06. The van der Waals surface area contributed by atoms with Gasteiger partial charge in [0, 0.05) is 0 Å². The third kappa shape index (κ3) is 3.02. The molecule has 1 atom stereocenters. The Labute approximate surface area is 77.5 Å². The van der Waals surface area contributed by atoms with Crippen LogP contribution in [0.3, 0.4) is 0 Å². The van der Waals surface area contributed by atoms with Crippen molar-refractivity contribution in [3.8, 4) is 6.07 Å². The van der Waals surface area contributed by atoms with Crippen molar-refractivity contribution in [2.45, 2.75) is 17.7 Å². The van der Waals surface area contributed by atoms with Gasteiger partial charge in [-0.05, 0) is 19.2 Å². The SMILES string of the molecule is CNC(C#N)CCSC1COC1. The first-order valence-corrected chi connectivity index (χ1v) is 5.18. The van der Waals surface area contributed by atoms with Gasteiger partial charge < -0.3 is 10.1 Å². The zero-order valence-electron chi connectivity index (χ0n) is 7.25. The molecule has 1 aliphatic rings. The first kappa shape index (κ1) is 9.85. The number of thioether (sulfide) groups is 1. The van der Waals surface area contributed by atoms with Gasteiger partial charge in [-0.2, -0.15) is 17.0 Å². The van der Waals surface area contributed by atoms with Crippen molar-refractivity contribution < 1.29 is 4.74 Å². The van der Waals surface area contributed by atoms with E-state index in [0.717, 1.165) is 25.4 Å². The topological polar surface area (TPSA) is 45.0 Å². The second kappa shape index (κ2) is 5.41. The summed E-state index contributed by atoms with van der Waals surface area (Å²) in [5.74, 6) is 1.05. The summed E-state index contributed by atoms with van der Waals surface area (Å²) in [6, 6.07) is 2.22. The second-order valence-electron chi connectivity index (χ2n) is 2.79. The lowest BCUT2D eigenvalue weighted by atomic mass is 10.3. The lowest BCUT2D eigenvalue weighted by molar-refractivity contribution is 0.0455. The number of ether oxygens (including phenoxy) is 1. The van der Waals surface area contributed by atoms with Gasteiger partial charge in [-0.3, -0.25) is 0 Å². The van der Waals surface area contributed by atoms with E-state index in [4.69, 9.17) is 10.00 Å². The molecule has 0 amide bonds. The van der Waals surface area contributed by atoms with Crippen LogP contribution in [-0.2, 0) is 4.74 Å². The number of nitrogens with zero attached hydrogens (tertiary/aromatic N) is 1. The van der Waals surface area contributed by atoms with E-state index in [2.05, 4.69) is 11.4 Å². The fraction of sp³-hybridized carbons (Fsp3) is 0.875. The molecule has 1 unspecified atom stereocenters. The van der Waals surface area contributed by atoms with Gasteiger partial charge >= 0.3 is 0 Å². The minimum Gasteiger partial charge on any atom is -0.379 e. The molecule has 12 heavy (non-hydrogen) atoms. The molecule has 0 saturated carbocycles. The van der Waals surface area contributed by atoms with Gasteiger partial charge in [-0.15, -0.1) is 0 Å². The fourth-order valence-electron chi connectivity index (χ4n) is 0.936. The summed E-state index contributed by atoms with van der Waals surface area (Å²) in [6.45, 7) is 1.78. The minimum absolute atomic E-state index is 0.0125. The van der Waals surface area contributed by atoms with Crippen LogP contribution in [0, 0.1) is 11.3 Å². The molecule has 0 aromatic rings. The van der Waals surface area contributed by atoms with E-state index in [-0.39, 0.29) is 6.04 Å². The van der Waals surface area contributed by atoms with Crippen molar-refractivity contribution in [1.82, 2.24) is 5.32 Å². The van der Waals surface area contributed by atoms with Crippen LogP contribution < -0.4 is 5.32 Å². The number of nitriles is 1. The smallest absolute Gasteiger partial charge is 0.0958 e. The van der Waals surface area contributed by atoms with E-state index in [0.29, 0.717) is 5.25 Å². The van der Waals surface area contributed by atoms with Crippen molar-refractivity contribution in [2.75, 3.05) is 26.0 Å². The predicted molar refractivity (Wildman–Crippen MR) is 50.1 cm³/mol. The molecular weight excluding hydrogens is 172 g/mol. The minimum atomic E-state index is 0.0125. The highest BCUT2D eigenvalue weighted by Gasteiger charge is 2.18. The van der Waals surface area contributed by atoms with Gasteiger partial charge in [0.25, 0.3) is 0 Å². The molecule has 0 aliphatic carbocycles. The lowest BCUT2D eigenvalue weighted by Crippen LogP contribution is -2.31. The van der Waals surface area contributed by atoms with Crippen LogP contribution in [0.2, 0.25) is 0 Å². The van der Waals surface area contributed by atoms with Gasteiger partial charge in [-0.1, -0.05) is 0 Å². The van der Waals surface area contributed by atoms with Gasteiger partial charge in [0.2, 0.25) is 0 Å².